The molecule has 8 heteroatoms. The van der Waals surface area contributed by atoms with Gasteiger partial charge in [-0.3, -0.25) is 9.59 Å². The molecule has 0 unspecified atom stereocenters. The van der Waals surface area contributed by atoms with Gasteiger partial charge in [0, 0.05) is 25.2 Å². The van der Waals surface area contributed by atoms with E-state index in [2.05, 4.69) is 10.3 Å². The maximum Gasteiger partial charge on any atom is 0.265 e. The van der Waals surface area contributed by atoms with Crippen LogP contribution in [0, 0.1) is 0 Å². The average molecular weight is 419 g/mol. The first-order valence-electron chi connectivity index (χ1n) is 10.9. The summed E-state index contributed by atoms with van der Waals surface area (Å²) < 4.78 is 7.83. The van der Waals surface area contributed by atoms with E-state index < -0.39 is 6.10 Å². The maximum absolute atomic E-state index is 13.5. The Morgan fingerprint density at radius 1 is 1.10 bits per heavy atom. The Bertz CT molecular complexity index is 1140. The number of piperidine rings is 1. The molecule has 0 bridgehead atoms. The Balaban J connectivity index is 1.46. The molecule has 0 spiro atoms. The number of hydrogen-bond donors (Lipinski definition) is 0. The smallest absolute Gasteiger partial charge is 0.265 e. The molecule has 0 N–H and O–H groups in total. The molecule has 1 atom stereocenters. The lowest BCUT2D eigenvalue weighted by molar-refractivity contribution is -0.139. The van der Waals surface area contributed by atoms with Gasteiger partial charge in [0.05, 0.1) is 17.7 Å². The van der Waals surface area contributed by atoms with E-state index in [0.717, 1.165) is 37.9 Å². The Morgan fingerprint density at radius 2 is 1.90 bits per heavy atom. The highest BCUT2D eigenvalue weighted by Crippen LogP contribution is 2.35. The second kappa shape index (κ2) is 8.02. The fourth-order valence-electron chi connectivity index (χ4n) is 4.37. The summed E-state index contributed by atoms with van der Waals surface area (Å²) in [6, 6.07) is 12.8. The first-order chi connectivity index (χ1) is 15.2. The van der Waals surface area contributed by atoms with Crippen LogP contribution in [0.1, 0.15) is 36.5 Å². The second-order valence-corrected chi connectivity index (χ2v) is 7.98. The third kappa shape index (κ3) is 3.52. The Labute approximate surface area is 180 Å². The minimum absolute atomic E-state index is 0.0478. The van der Waals surface area contributed by atoms with Crippen molar-refractivity contribution in [2.24, 2.45) is 0 Å². The summed E-state index contributed by atoms with van der Waals surface area (Å²) in [6.45, 7) is 4.39. The monoisotopic (exact) mass is 419 g/mol. The summed E-state index contributed by atoms with van der Waals surface area (Å²) in [5.41, 5.74) is 2.75. The largest absolute Gasteiger partial charge is 0.476 e. The highest BCUT2D eigenvalue weighted by molar-refractivity contribution is 6.09. The zero-order valence-corrected chi connectivity index (χ0v) is 17.5. The van der Waals surface area contributed by atoms with E-state index in [0.29, 0.717) is 29.1 Å². The Morgan fingerprint density at radius 3 is 2.71 bits per heavy atom. The van der Waals surface area contributed by atoms with Gasteiger partial charge in [-0.2, -0.15) is 0 Å². The van der Waals surface area contributed by atoms with E-state index in [1.807, 2.05) is 36.1 Å². The van der Waals surface area contributed by atoms with Gasteiger partial charge < -0.3 is 14.5 Å². The highest BCUT2D eigenvalue weighted by atomic mass is 16.5. The molecule has 3 heterocycles. The van der Waals surface area contributed by atoms with Crippen molar-refractivity contribution in [3.63, 3.8) is 0 Å². The predicted octanol–water partition coefficient (Wildman–Crippen LogP) is 2.87. The molecule has 2 aromatic carbocycles. The zero-order valence-electron chi connectivity index (χ0n) is 17.5. The molecule has 2 amide bonds. The van der Waals surface area contributed by atoms with Crippen LogP contribution < -0.4 is 9.64 Å². The topological polar surface area (TPSA) is 80.6 Å². The summed E-state index contributed by atoms with van der Waals surface area (Å²) in [5.74, 6) is 0.323. The van der Waals surface area contributed by atoms with Crippen LogP contribution in [0.5, 0.6) is 5.75 Å². The fourth-order valence-corrected chi connectivity index (χ4v) is 4.37. The molecular formula is C23H25N5O3. The van der Waals surface area contributed by atoms with Crippen LogP contribution in [0.3, 0.4) is 0 Å². The van der Waals surface area contributed by atoms with Crippen molar-refractivity contribution in [3.05, 3.63) is 48.0 Å². The number of carbonyl (C=O) groups excluding carboxylic acids is 2. The van der Waals surface area contributed by atoms with Crippen molar-refractivity contribution in [3.8, 4) is 5.75 Å². The average Bonchev–Trinajstić information content (AvgIpc) is 3.25. The van der Waals surface area contributed by atoms with Gasteiger partial charge in [0.25, 0.3) is 11.8 Å². The van der Waals surface area contributed by atoms with Crippen molar-refractivity contribution in [1.29, 1.82) is 0 Å². The van der Waals surface area contributed by atoms with Gasteiger partial charge in [-0.15, -0.1) is 5.10 Å². The molecule has 2 aliphatic rings. The molecule has 0 radical (unpaired) electrons. The van der Waals surface area contributed by atoms with Crippen LogP contribution in [0.15, 0.2) is 42.5 Å². The lowest BCUT2D eigenvalue weighted by Crippen LogP contribution is -2.52. The van der Waals surface area contributed by atoms with Gasteiger partial charge in [-0.05, 0) is 56.5 Å². The zero-order chi connectivity index (χ0) is 21.4. The number of para-hydroxylation sites is 2. The molecular weight excluding hydrogens is 394 g/mol. The molecule has 1 saturated heterocycles. The minimum atomic E-state index is -0.707. The van der Waals surface area contributed by atoms with E-state index in [-0.39, 0.29) is 18.4 Å². The predicted molar refractivity (Wildman–Crippen MR) is 116 cm³/mol. The molecule has 1 fully saturated rings. The summed E-state index contributed by atoms with van der Waals surface area (Å²) in [4.78, 5) is 30.1. The van der Waals surface area contributed by atoms with E-state index in [1.54, 1.807) is 27.8 Å². The van der Waals surface area contributed by atoms with Crippen molar-refractivity contribution in [2.45, 2.75) is 38.8 Å². The molecule has 0 saturated carbocycles. The number of ether oxygens (including phenoxy) is 1. The molecule has 31 heavy (non-hydrogen) atoms. The first-order valence-corrected chi connectivity index (χ1v) is 10.9. The summed E-state index contributed by atoms with van der Waals surface area (Å²) >= 11 is 0. The number of likely N-dealkylation sites (tertiary alicyclic amines) is 1. The van der Waals surface area contributed by atoms with Crippen LogP contribution in [0.4, 0.5) is 5.69 Å². The summed E-state index contributed by atoms with van der Waals surface area (Å²) in [6.07, 6.45) is 2.46. The first kappa shape index (κ1) is 19.5. The summed E-state index contributed by atoms with van der Waals surface area (Å²) in [5, 5.41) is 8.30. The molecule has 3 aromatic rings. The van der Waals surface area contributed by atoms with Crippen LogP contribution in [0.25, 0.3) is 11.0 Å². The number of aryl methyl sites for hydroxylation is 1. The number of rotatable bonds is 3. The molecule has 160 valence electrons. The SMILES string of the molecule is CCn1nnc2cc(C(=O)N3C[C@H](C(=O)N4CCCCC4)Oc4ccccc43)ccc21. The number of anilines is 1. The minimum Gasteiger partial charge on any atom is -0.476 e. The number of amides is 2. The van der Waals surface area contributed by atoms with E-state index in [1.165, 1.54) is 0 Å². The molecule has 0 aliphatic carbocycles. The number of hydrogen-bond acceptors (Lipinski definition) is 5. The number of aromatic nitrogens is 3. The van der Waals surface area contributed by atoms with Gasteiger partial charge in [0.1, 0.15) is 11.3 Å². The van der Waals surface area contributed by atoms with Gasteiger partial charge in [-0.25, -0.2) is 4.68 Å². The third-order valence-corrected chi connectivity index (χ3v) is 6.02. The van der Waals surface area contributed by atoms with E-state index in [4.69, 9.17) is 4.74 Å². The van der Waals surface area contributed by atoms with Gasteiger partial charge in [0.15, 0.2) is 6.10 Å². The van der Waals surface area contributed by atoms with Crippen LogP contribution in [0.2, 0.25) is 0 Å². The van der Waals surface area contributed by atoms with Crippen molar-refractivity contribution >= 4 is 28.5 Å². The number of fused-ring (bicyclic) bond motifs is 2. The molecule has 5 rings (SSSR count). The number of nitrogens with zero attached hydrogens (tertiary/aromatic N) is 5. The van der Waals surface area contributed by atoms with Gasteiger partial charge >= 0.3 is 0 Å². The highest BCUT2D eigenvalue weighted by Gasteiger charge is 2.36. The second-order valence-electron chi connectivity index (χ2n) is 7.98. The molecule has 1 aromatic heterocycles. The standard InChI is InChI=1S/C23H25N5O3/c1-2-28-18-11-10-16(14-17(18)24-25-28)22(29)27-15-21(23(30)26-12-6-3-7-13-26)31-20-9-5-4-8-19(20)27/h4-5,8-11,14,21H,2-3,6-7,12-13,15H2,1H3/t21-/m1/s1. The number of benzene rings is 2. The van der Waals surface area contributed by atoms with Gasteiger partial charge in [-0.1, -0.05) is 17.3 Å². The molecule has 8 nitrogen and oxygen atoms in total. The van der Waals surface area contributed by atoms with Crippen LogP contribution >= 0.6 is 0 Å². The Hall–Kier alpha value is -3.42. The third-order valence-electron chi connectivity index (χ3n) is 6.02. The number of carbonyl (C=O) groups is 2. The lowest BCUT2D eigenvalue weighted by atomic mass is 10.1. The maximum atomic E-state index is 13.5. The van der Waals surface area contributed by atoms with E-state index >= 15 is 0 Å². The summed E-state index contributed by atoms with van der Waals surface area (Å²) in [7, 11) is 0. The van der Waals surface area contributed by atoms with Crippen molar-refractivity contribution in [1.82, 2.24) is 19.9 Å². The normalized spacial score (nSPS) is 18.5. The van der Waals surface area contributed by atoms with Crippen LogP contribution in [-0.4, -0.2) is 57.4 Å². The quantitative estimate of drug-likeness (QED) is 0.652. The Kier molecular flexibility index (Phi) is 5.05. The lowest BCUT2D eigenvalue weighted by Gasteiger charge is -2.37. The van der Waals surface area contributed by atoms with Crippen molar-refractivity contribution < 1.29 is 14.3 Å². The van der Waals surface area contributed by atoms with Crippen molar-refractivity contribution in [2.75, 3.05) is 24.5 Å². The van der Waals surface area contributed by atoms with Gasteiger partial charge in [0.2, 0.25) is 0 Å². The molecule has 2 aliphatic heterocycles. The fraction of sp³-hybridized carbons (Fsp3) is 0.391. The van der Waals surface area contributed by atoms with E-state index in [9.17, 15) is 9.59 Å². The van der Waals surface area contributed by atoms with Crippen LogP contribution in [-0.2, 0) is 11.3 Å².